The number of thiazole rings is 1. The van der Waals surface area contributed by atoms with Gasteiger partial charge in [-0.25, -0.2) is 4.98 Å². The van der Waals surface area contributed by atoms with E-state index in [1.807, 2.05) is 12.3 Å². The predicted molar refractivity (Wildman–Crippen MR) is 96.9 cm³/mol. The Labute approximate surface area is 148 Å². The van der Waals surface area contributed by atoms with Gasteiger partial charge in [-0.2, -0.15) is 0 Å². The van der Waals surface area contributed by atoms with Gasteiger partial charge in [-0.1, -0.05) is 0 Å². The van der Waals surface area contributed by atoms with E-state index in [2.05, 4.69) is 9.88 Å². The number of likely N-dealkylation sites (N-methyl/N-ethyl adjacent to an activating group) is 1. The molecule has 0 unspecified atom stereocenters. The molecule has 6 heteroatoms. The Hall–Kier alpha value is -1.24. The van der Waals surface area contributed by atoms with Crippen molar-refractivity contribution in [3.05, 3.63) is 22.2 Å². The van der Waals surface area contributed by atoms with Crippen molar-refractivity contribution in [2.45, 2.75) is 57.2 Å². The van der Waals surface area contributed by atoms with Crippen LogP contribution in [-0.2, 0) is 4.79 Å². The van der Waals surface area contributed by atoms with Gasteiger partial charge in [-0.15, -0.1) is 11.3 Å². The van der Waals surface area contributed by atoms with Crippen LogP contribution in [0, 0.1) is 6.92 Å². The molecule has 1 aliphatic carbocycles. The molecule has 1 N–H and O–H groups in total. The maximum Gasteiger partial charge on any atom is 0.246 e. The molecule has 1 saturated heterocycles. The van der Waals surface area contributed by atoms with Gasteiger partial charge < -0.3 is 10.0 Å². The fourth-order valence-electron chi connectivity index (χ4n) is 3.92. The monoisotopic (exact) mass is 349 g/mol. The fourth-order valence-corrected chi connectivity index (χ4v) is 4.50. The number of aromatic nitrogens is 1. The van der Waals surface area contributed by atoms with Crippen molar-refractivity contribution in [3.8, 4) is 0 Å². The summed E-state index contributed by atoms with van der Waals surface area (Å²) in [5.74, 6) is -0.0632. The highest BCUT2D eigenvalue weighted by molar-refractivity contribution is 7.09. The van der Waals surface area contributed by atoms with E-state index >= 15 is 0 Å². The Balaban J connectivity index is 1.63. The minimum Gasteiger partial charge on any atom is -0.389 e. The second-order valence-electron chi connectivity index (χ2n) is 6.87. The lowest BCUT2D eigenvalue weighted by Gasteiger charge is -2.43. The van der Waals surface area contributed by atoms with Crippen LogP contribution in [0.5, 0.6) is 0 Å². The molecule has 0 spiro atoms. The average molecular weight is 350 g/mol. The third-order valence-electron chi connectivity index (χ3n) is 5.28. The van der Waals surface area contributed by atoms with Crippen molar-refractivity contribution in [2.75, 3.05) is 20.1 Å². The number of hydrogen-bond donors (Lipinski definition) is 1. The highest BCUT2D eigenvalue weighted by Gasteiger charge is 2.38. The summed E-state index contributed by atoms with van der Waals surface area (Å²) < 4.78 is 0. The lowest BCUT2D eigenvalue weighted by Crippen LogP contribution is -2.56. The van der Waals surface area contributed by atoms with E-state index in [9.17, 15) is 9.90 Å². The summed E-state index contributed by atoms with van der Waals surface area (Å²) in [5, 5.41) is 13.8. The summed E-state index contributed by atoms with van der Waals surface area (Å²) in [6.45, 7) is 4.11. The molecular weight excluding hydrogens is 322 g/mol. The quantitative estimate of drug-likeness (QED) is 0.848. The zero-order chi connectivity index (χ0) is 17.1. The second kappa shape index (κ2) is 7.76. The van der Waals surface area contributed by atoms with Gasteiger partial charge in [0.1, 0.15) is 0 Å². The molecule has 1 aromatic rings. The lowest BCUT2D eigenvalue weighted by atomic mass is 9.86. The van der Waals surface area contributed by atoms with Crippen LogP contribution in [0.4, 0.5) is 0 Å². The normalized spacial score (nSPS) is 28.5. The first-order valence-electron chi connectivity index (χ1n) is 8.85. The number of carbonyl (C=O) groups is 1. The number of amides is 1. The Bertz CT molecular complexity index is 595. The standard InChI is InChI=1S/C18H27N3O2S/c1-13-19-14(12-24-13)8-9-17(22)20(2)15-6-5-7-16(18(15)23)21-10-3-4-11-21/h8-9,12,15-16,18,23H,3-7,10-11H2,1-2H3/t15-,16-,18-/m1/s1. The first kappa shape index (κ1) is 17.6. The van der Waals surface area contributed by atoms with E-state index in [1.165, 1.54) is 12.8 Å². The Kier molecular flexibility index (Phi) is 5.69. The van der Waals surface area contributed by atoms with Crippen LogP contribution in [0.2, 0.25) is 0 Å². The Morgan fingerprint density at radius 2 is 2.12 bits per heavy atom. The summed E-state index contributed by atoms with van der Waals surface area (Å²) in [6.07, 6.45) is 8.29. The SMILES string of the molecule is Cc1nc(C=CC(=O)N(C)[C@@H]2CCC[C@@H](N3CCCC3)[C@@H]2O)cs1. The molecule has 1 aliphatic heterocycles. The molecule has 0 aromatic carbocycles. The minimum atomic E-state index is -0.458. The summed E-state index contributed by atoms with van der Waals surface area (Å²) in [4.78, 5) is 20.9. The number of nitrogens with zero attached hydrogens (tertiary/aromatic N) is 3. The average Bonchev–Trinajstić information content (AvgIpc) is 3.24. The molecule has 0 bridgehead atoms. The molecule has 2 aliphatic rings. The molecule has 24 heavy (non-hydrogen) atoms. The van der Waals surface area contributed by atoms with Gasteiger partial charge in [-0.3, -0.25) is 9.69 Å². The zero-order valence-electron chi connectivity index (χ0n) is 14.5. The molecule has 2 fully saturated rings. The van der Waals surface area contributed by atoms with Gasteiger partial charge in [0, 0.05) is 24.5 Å². The van der Waals surface area contributed by atoms with Gasteiger partial charge >= 0.3 is 0 Å². The molecule has 1 saturated carbocycles. The van der Waals surface area contributed by atoms with Crippen LogP contribution in [0.1, 0.15) is 42.8 Å². The number of aliphatic hydroxyl groups excluding tert-OH is 1. The van der Waals surface area contributed by atoms with Gasteiger partial charge in [-0.05, 0) is 58.2 Å². The summed E-state index contributed by atoms with van der Waals surface area (Å²) >= 11 is 1.57. The number of hydrogen-bond acceptors (Lipinski definition) is 5. The van der Waals surface area contributed by atoms with E-state index in [1.54, 1.807) is 35.4 Å². The molecule has 132 valence electrons. The van der Waals surface area contributed by atoms with E-state index in [0.29, 0.717) is 0 Å². The van der Waals surface area contributed by atoms with Crippen molar-refractivity contribution in [1.29, 1.82) is 0 Å². The van der Waals surface area contributed by atoms with Gasteiger partial charge in [0.15, 0.2) is 0 Å². The summed E-state index contributed by atoms with van der Waals surface area (Å²) in [7, 11) is 1.80. The maximum absolute atomic E-state index is 12.5. The number of carbonyl (C=O) groups excluding carboxylic acids is 1. The molecule has 5 nitrogen and oxygen atoms in total. The molecule has 2 heterocycles. The van der Waals surface area contributed by atoms with E-state index in [0.717, 1.165) is 43.1 Å². The number of aliphatic hydroxyl groups is 1. The molecular formula is C18H27N3O2S. The number of likely N-dealkylation sites (tertiary alicyclic amines) is 1. The van der Waals surface area contributed by atoms with E-state index in [4.69, 9.17) is 0 Å². The van der Waals surface area contributed by atoms with Crippen LogP contribution >= 0.6 is 11.3 Å². The molecule has 3 rings (SSSR count). The van der Waals surface area contributed by atoms with Crippen LogP contribution in [0.25, 0.3) is 6.08 Å². The topological polar surface area (TPSA) is 56.7 Å². The molecule has 1 aromatic heterocycles. The third-order valence-corrected chi connectivity index (χ3v) is 6.07. The highest BCUT2D eigenvalue weighted by Crippen LogP contribution is 2.29. The number of aryl methyl sites for hydroxylation is 1. The predicted octanol–water partition coefficient (Wildman–Crippen LogP) is 2.30. The van der Waals surface area contributed by atoms with Crippen LogP contribution < -0.4 is 0 Å². The minimum absolute atomic E-state index is 0.0632. The first-order chi connectivity index (χ1) is 11.6. The van der Waals surface area contributed by atoms with Crippen molar-refractivity contribution < 1.29 is 9.90 Å². The van der Waals surface area contributed by atoms with Crippen LogP contribution in [0.3, 0.4) is 0 Å². The maximum atomic E-state index is 12.5. The molecule has 1 amide bonds. The van der Waals surface area contributed by atoms with Crippen LogP contribution in [0.15, 0.2) is 11.5 Å². The second-order valence-corrected chi connectivity index (χ2v) is 7.94. The van der Waals surface area contributed by atoms with E-state index in [-0.39, 0.29) is 18.0 Å². The highest BCUT2D eigenvalue weighted by atomic mass is 32.1. The van der Waals surface area contributed by atoms with Crippen molar-refractivity contribution in [2.24, 2.45) is 0 Å². The summed E-state index contributed by atoms with van der Waals surface area (Å²) in [5.41, 5.74) is 0.818. The number of rotatable bonds is 4. The Morgan fingerprint density at radius 3 is 2.79 bits per heavy atom. The van der Waals surface area contributed by atoms with Crippen LogP contribution in [-0.4, -0.2) is 64.1 Å². The largest absolute Gasteiger partial charge is 0.389 e. The smallest absolute Gasteiger partial charge is 0.246 e. The van der Waals surface area contributed by atoms with Crippen molar-refractivity contribution >= 4 is 23.3 Å². The van der Waals surface area contributed by atoms with Gasteiger partial charge in [0.2, 0.25) is 5.91 Å². The van der Waals surface area contributed by atoms with Gasteiger partial charge in [0.25, 0.3) is 0 Å². The summed E-state index contributed by atoms with van der Waals surface area (Å²) in [6, 6.07) is 0.102. The van der Waals surface area contributed by atoms with Gasteiger partial charge in [0.05, 0.1) is 22.8 Å². The van der Waals surface area contributed by atoms with E-state index < -0.39 is 6.10 Å². The first-order valence-corrected chi connectivity index (χ1v) is 9.73. The lowest BCUT2D eigenvalue weighted by molar-refractivity contribution is -0.131. The zero-order valence-corrected chi connectivity index (χ0v) is 15.3. The fraction of sp³-hybridized carbons (Fsp3) is 0.667. The molecule has 0 radical (unpaired) electrons. The third kappa shape index (κ3) is 3.87. The van der Waals surface area contributed by atoms with Crippen molar-refractivity contribution in [3.63, 3.8) is 0 Å². The van der Waals surface area contributed by atoms with Crippen molar-refractivity contribution in [1.82, 2.24) is 14.8 Å². The molecule has 3 atom stereocenters. The Morgan fingerprint density at radius 1 is 1.38 bits per heavy atom.